The van der Waals surface area contributed by atoms with Crippen molar-refractivity contribution in [1.82, 2.24) is 9.97 Å². The fourth-order valence-electron chi connectivity index (χ4n) is 3.79. The Hall–Kier alpha value is -2.35. The van der Waals surface area contributed by atoms with Crippen molar-refractivity contribution in [2.24, 2.45) is 5.92 Å². The topological polar surface area (TPSA) is 52.8 Å². The number of hydrogen-bond donors (Lipinski definition) is 0. The number of nitrogens with zero attached hydrogens (tertiary/aromatic N) is 4. The molecule has 3 aromatic rings. The van der Waals surface area contributed by atoms with Crippen LogP contribution in [0.4, 0.5) is 5.82 Å². The van der Waals surface area contributed by atoms with Crippen molar-refractivity contribution in [3.63, 3.8) is 0 Å². The number of nitriles is 1. The van der Waals surface area contributed by atoms with Gasteiger partial charge in [-0.25, -0.2) is 9.97 Å². The highest BCUT2D eigenvalue weighted by molar-refractivity contribution is 6.42. The van der Waals surface area contributed by atoms with E-state index in [1.54, 1.807) is 6.33 Å². The Labute approximate surface area is 168 Å². The maximum Gasteiger partial charge on any atom is 0.140 e. The second kappa shape index (κ2) is 7.72. The number of aromatic nitrogens is 2. The molecule has 0 radical (unpaired) electrons. The van der Waals surface area contributed by atoms with Gasteiger partial charge >= 0.3 is 0 Å². The van der Waals surface area contributed by atoms with Gasteiger partial charge in [-0.05, 0) is 48.1 Å². The van der Waals surface area contributed by atoms with E-state index in [0.717, 1.165) is 53.8 Å². The number of piperidine rings is 1. The summed E-state index contributed by atoms with van der Waals surface area (Å²) in [5.74, 6) is 1.30. The fourth-order valence-corrected chi connectivity index (χ4v) is 4.09. The average Bonchev–Trinajstić information content (AvgIpc) is 2.70. The van der Waals surface area contributed by atoms with Crippen LogP contribution in [0.15, 0.2) is 42.7 Å². The summed E-state index contributed by atoms with van der Waals surface area (Å²) in [5.41, 5.74) is 2.91. The molecule has 27 heavy (non-hydrogen) atoms. The maximum atomic E-state index is 9.07. The van der Waals surface area contributed by atoms with E-state index in [9.17, 15) is 0 Å². The highest BCUT2D eigenvalue weighted by atomic mass is 35.5. The fraction of sp³-hybridized carbons (Fsp3) is 0.286. The zero-order valence-electron chi connectivity index (χ0n) is 14.7. The summed E-state index contributed by atoms with van der Waals surface area (Å²) in [5, 5.41) is 11.1. The summed E-state index contributed by atoms with van der Waals surface area (Å²) >= 11 is 12.3. The van der Waals surface area contributed by atoms with E-state index in [-0.39, 0.29) is 0 Å². The van der Waals surface area contributed by atoms with E-state index >= 15 is 0 Å². The van der Waals surface area contributed by atoms with Gasteiger partial charge in [0.15, 0.2) is 0 Å². The Morgan fingerprint density at radius 2 is 2.04 bits per heavy atom. The number of fused-ring (bicyclic) bond motifs is 1. The van der Waals surface area contributed by atoms with Gasteiger partial charge in [0.25, 0.3) is 0 Å². The normalized spacial score (nSPS) is 17.1. The third kappa shape index (κ3) is 3.58. The molecule has 0 spiro atoms. The van der Waals surface area contributed by atoms with Crippen LogP contribution in [0.2, 0.25) is 10.0 Å². The van der Waals surface area contributed by atoms with Crippen LogP contribution < -0.4 is 4.90 Å². The first-order valence-corrected chi connectivity index (χ1v) is 9.74. The Morgan fingerprint density at radius 1 is 1.15 bits per heavy atom. The van der Waals surface area contributed by atoms with Crippen LogP contribution >= 0.6 is 23.2 Å². The molecule has 0 saturated carbocycles. The smallest absolute Gasteiger partial charge is 0.140 e. The van der Waals surface area contributed by atoms with Crippen LogP contribution in [0, 0.1) is 17.2 Å². The first-order chi connectivity index (χ1) is 13.2. The van der Waals surface area contributed by atoms with Crippen molar-refractivity contribution in [2.45, 2.75) is 19.3 Å². The Bertz CT molecular complexity index is 1020. The summed E-state index contributed by atoms with van der Waals surface area (Å²) in [6.45, 7) is 1.78. The minimum atomic E-state index is 0.380. The Balaban J connectivity index is 1.84. The SMILES string of the molecule is N#CCC1CCCN(c2ncnc3cccc(-c4ccc(Cl)c(Cl)c4)c23)C1. The number of halogens is 2. The lowest BCUT2D eigenvalue weighted by Gasteiger charge is -2.33. The van der Waals surface area contributed by atoms with Crippen LogP contribution in [0.3, 0.4) is 0 Å². The molecule has 4 rings (SSSR count). The summed E-state index contributed by atoms with van der Waals surface area (Å²) < 4.78 is 0. The van der Waals surface area contributed by atoms with E-state index < -0.39 is 0 Å². The van der Waals surface area contributed by atoms with Gasteiger partial charge < -0.3 is 4.90 Å². The molecule has 0 bridgehead atoms. The number of benzene rings is 2. The van der Waals surface area contributed by atoms with Gasteiger partial charge in [-0.1, -0.05) is 41.4 Å². The van der Waals surface area contributed by atoms with Crippen LogP contribution in [-0.4, -0.2) is 23.1 Å². The molecule has 0 amide bonds. The van der Waals surface area contributed by atoms with Crippen LogP contribution in [0.5, 0.6) is 0 Å². The molecule has 2 heterocycles. The summed E-state index contributed by atoms with van der Waals surface area (Å²) in [7, 11) is 0. The zero-order chi connectivity index (χ0) is 18.8. The van der Waals surface area contributed by atoms with E-state index in [2.05, 4.69) is 27.0 Å². The lowest BCUT2D eigenvalue weighted by molar-refractivity contribution is 0.420. The van der Waals surface area contributed by atoms with Crippen LogP contribution in [0.25, 0.3) is 22.0 Å². The zero-order valence-corrected chi connectivity index (χ0v) is 16.2. The van der Waals surface area contributed by atoms with E-state index in [1.165, 1.54) is 0 Å². The number of anilines is 1. The van der Waals surface area contributed by atoms with Crippen molar-refractivity contribution >= 4 is 39.9 Å². The summed E-state index contributed by atoms with van der Waals surface area (Å²) in [4.78, 5) is 11.4. The molecule has 6 heteroatoms. The van der Waals surface area contributed by atoms with Gasteiger partial charge in [0.2, 0.25) is 0 Å². The second-order valence-corrected chi connectivity index (χ2v) is 7.66. The molecule has 1 atom stereocenters. The van der Waals surface area contributed by atoms with E-state index in [4.69, 9.17) is 28.5 Å². The predicted octanol–water partition coefficient (Wildman–Crippen LogP) is 5.73. The highest BCUT2D eigenvalue weighted by Gasteiger charge is 2.23. The van der Waals surface area contributed by atoms with E-state index in [0.29, 0.717) is 22.4 Å². The van der Waals surface area contributed by atoms with Crippen molar-refractivity contribution in [3.8, 4) is 17.2 Å². The number of hydrogen-bond acceptors (Lipinski definition) is 4. The Kier molecular flexibility index (Phi) is 5.15. The maximum absolute atomic E-state index is 9.07. The third-order valence-corrected chi connectivity index (χ3v) is 5.81. The molecule has 1 aromatic heterocycles. The molecule has 0 aliphatic carbocycles. The summed E-state index contributed by atoms with van der Waals surface area (Å²) in [6, 6.07) is 14.0. The van der Waals surface area contributed by atoms with Crippen LogP contribution in [0.1, 0.15) is 19.3 Å². The largest absolute Gasteiger partial charge is 0.356 e. The van der Waals surface area contributed by atoms with Crippen molar-refractivity contribution in [2.75, 3.05) is 18.0 Å². The van der Waals surface area contributed by atoms with Gasteiger partial charge in [0.05, 0.1) is 27.0 Å². The van der Waals surface area contributed by atoms with Crippen molar-refractivity contribution < 1.29 is 0 Å². The lowest BCUT2D eigenvalue weighted by atomic mass is 9.94. The predicted molar refractivity (Wildman–Crippen MR) is 110 cm³/mol. The standard InChI is InChI=1S/C21H18Cl2N4/c22-17-7-6-15(11-18(17)23)16-4-1-5-19-20(16)21(26-13-25-19)27-10-2-3-14(12-27)8-9-24/h1,4-7,11,13-14H,2-3,8,10,12H2. The summed E-state index contributed by atoms with van der Waals surface area (Å²) in [6.07, 6.45) is 4.35. The van der Waals surface area contributed by atoms with Gasteiger partial charge in [0, 0.05) is 19.5 Å². The molecule has 0 N–H and O–H groups in total. The molecule has 1 aliphatic heterocycles. The van der Waals surface area contributed by atoms with Gasteiger partial charge in [0.1, 0.15) is 12.1 Å². The molecule has 2 aromatic carbocycles. The Morgan fingerprint density at radius 3 is 2.85 bits per heavy atom. The minimum absolute atomic E-state index is 0.380. The van der Waals surface area contributed by atoms with Gasteiger partial charge in [-0.15, -0.1) is 0 Å². The molecule has 1 aliphatic rings. The molecule has 1 unspecified atom stereocenters. The lowest BCUT2D eigenvalue weighted by Crippen LogP contribution is -2.36. The molecule has 4 nitrogen and oxygen atoms in total. The number of rotatable bonds is 3. The molecular weight excluding hydrogens is 379 g/mol. The highest BCUT2D eigenvalue weighted by Crippen LogP contribution is 2.37. The third-order valence-electron chi connectivity index (χ3n) is 5.07. The van der Waals surface area contributed by atoms with Crippen molar-refractivity contribution in [1.29, 1.82) is 5.26 Å². The molecule has 136 valence electrons. The molecular formula is C21H18Cl2N4. The van der Waals surface area contributed by atoms with Gasteiger partial charge in [-0.2, -0.15) is 5.26 Å². The first-order valence-electron chi connectivity index (χ1n) is 8.98. The first kappa shape index (κ1) is 18.0. The van der Waals surface area contributed by atoms with Crippen molar-refractivity contribution in [3.05, 3.63) is 52.8 Å². The quantitative estimate of drug-likeness (QED) is 0.566. The second-order valence-electron chi connectivity index (χ2n) is 6.84. The molecule has 1 fully saturated rings. The monoisotopic (exact) mass is 396 g/mol. The van der Waals surface area contributed by atoms with Crippen LogP contribution in [-0.2, 0) is 0 Å². The average molecular weight is 397 g/mol. The molecule has 1 saturated heterocycles. The van der Waals surface area contributed by atoms with Gasteiger partial charge in [-0.3, -0.25) is 0 Å². The minimum Gasteiger partial charge on any atom is -0.356 e. The van der Waals surface area contributed by atoms with E-state index in [1.807, 2.05) is 30.3 Å².